The molecule has 0 bridgehead atoms. The lowest BCUT2D eigenvalue weighted by atomic mass is 10.2. The standard InChI is InChI=1S/C13H17ClO2/c1-3-12(15)5-4-8-16-13-7-6-11(14)9-10(13)2/h6-7,9H,3-5,8H2,1-2H3. The van der Waals surface area contributed by atoms with Crippen molar-refractivity contribution >= 4 is 17.4 Å². The van der Waals surface area contributed by atoms with Gasteiger partial charge in [0.1, 0.15) is 11.5 Å². The highest BCUT2D eigenvalue weighted by atomic mass is 35.5. The molecule has 0 radical (unpaired) electrons. The number of ketones is 1. The second kappa shape index (κ2) is 6.54. The highest BCUT2D eigenvalue weighted by Crippen LogP contribution is 2.21. The van der Waals surface area contributed by atoms with E-state index in [0.29, 0.717) is 24.5 Å². The molecule has 0 aliphatic rings. The van der Waals surface area contributed by atoms with Crippen molar-refractivity contribution in [2.24, 2.45) is 0 Å². The number of carbonyl (C=O) groups is 1. The number of carbonyl (C=O) groups excluding carboxylic acids is 1. The molecule has 2 nitrogen and oxygen atoms in total. The zero-order valence-electron chi connectivity index (χ0n) is 9.75. The molecule has 0 saturated carbocycles. The number of Topliss-reactive ketones (excluding diaryl/α,β-unsaturated/α-hetero) is 1. The molecule has 0 aliphatic heterocycles. The van der Waals surface area contributed by atoms with Gasteiger partial charge in [-0.25, -0.2) is 0 Å². The molecule has 0 unspecified atom stereocenters. The van der Waals surface area contributed by atoms with Crippen LogP contribution < -0.4 is 4.74 Å². The molecule has 0 N–H and O–H groups in total. The second-order valence-corrected chi connectivity index (χ2v) is 4.19. The van der Waals surface area contributed by atoms with Gasteiger partial charge in [0.15, 0.2) is 0 Å². The maximum absolute atomic E-state index is 11.1. The Labute approximate surface area is 102 Å². The molecule has 1 rings (SSSR count). The number of ether oxygens (including phenoxy) is 1. The van der Waals surface area contributed by atoms with E-state index in [1.54, 1.807) is 6.07 Å². The van der Waals surface area contributed by atoms with Gasteiger partial charge >= 0.3 is 0 Å². The monoisotopic (exact) mass is 240 g/mol. The predicted octanol–water partition coefficient (Wildman–Crippen LogP) is 3.79. The summed E-state index contributed by atoms with van der Waals surface area (Å²) in [6.45, 7) is 4.42. The van der Waals surface area contributed by atoms with Gasteiger partial charge in [0.2, 0.25) is 0 Å². The normalized spacial score (nSPS) is 10.2. The first-order valence-corrected chi connectivity index (χ1v) is 5.92. The maximum Gasteiger partial charge on any atom is 0.132 e. The minimum absolute atomic E-state index is 0.288. The third-order valence-electron chi connectivity index (χ3n) is 2.39. The van der Waals surface area contributed by atoms with E-state index in [2.05, 4.69) is 0 Å². The van der Waals surface area contributed by atoms with Gasteiger partial charge in [-0.3, -0.25) is 4.79 Å². The van der Waals surface area contributed by atoms with Crippen molar-refractivity contribution in [1.82, 2.24) is 0 Å². The van der Waals surface area contributed by atoms with Gasteiger partial charge in [-0.2, -0.15) is 0 Å². The second-order valence-electron chi connectivity index (χ2n) is 3.75. The SMILES string of the molecule is CCC(=O)CCCOc1ccc(Cl)cc1C. The van der Waals surface area contributed by atoms with Crippen LogP contribution in [0.1, 0.15) is 31.7 Å². The van der Waals surface area contributed by atoms with Gasteiger partial charge in [-0.15, -0.1) is 0 Å². The van der Waals surface area contributed by atoms with Gasteiger partial charge in [0.25, 0.3) is 0 Å². The zero-order chi connectivity index (χ0) is 12.0. The predicted molar refractivity (Wildman–Crippen MR) is 66.2 cm³/mol. The molecule has 0 saturated heterocycles. The smallest absolute Gasteiger partial charge is 0.132 e. The van der Waals surface area contributed by atoms with Crippen LogP contribution in [0, 0.1) is 6.92 Å². The van der Waals surface area contributed by atoms with Gasteiger partial charge in [-0.1, -0.05) is 18.5 Å². The lowest BCUT2D eigenvalue weighted by Gasteiger charge is -2.08. The van der Waals surface area contributed by atoms with Crippen LogP contribution in [-0.2, 0) is 4.79 Å². The van der Waals surface area contributed by atoms with Crippen molar-refractivity contribution in [1.29, 1.82) is 0 Å². The van der Waals surface area contributed by atoms with E-state index in [1.807, 2.05) is 26.0 Å². The summed E-state index contributed by atoms with van der Waals surface area (Å²) in [4.78, 5) is 11.1. The van der Waals surface area contributed by atoms with Crippen LogP contribution in [0.15, 0.2) is 18.2 Å². The van der Waals surface area contributed by atoms with Crippen LogP contribution in [0.3, 0.4) is 0 Å². The third kappa shape index (κ3) is 4.23. The first-order valence-electron chi connectivity index (χ1n) is 5.54. The van der Waals surface area contributed by atoms with Crippen LogP contribution in [-0.4, -0.2) is 12.4 Å². The average Bonchev–Trinajstić information content (AvgIpc) is 2.26. The van der Waals surface area contributed by atoms with Crippen molar-refractivity contribution in [2.45, 2.75) is 33.1 Å². The Balaban J connectivity index is 2.35. The largest absolute Gasteiger partial charge is 0.493 e. The molecule has 0 fully saturated rings. The Hall–Kier alpha value is -1.02. The third-order valence-corrected chi connectivity index (χ3v) is 2.62. The Morgan fingerprint density at radius 2 is 2.19 bits per heavy atom. The molecule has 0 heterocycles. The van der Waals surface area contributed by atoms with Crippen LogP contribution in [0.4, 0.5) is 0 Å². The summed E-state index contributed by atoms with van der Waals surface area (Å²) in [7, 11) is 0. The molecule has 3 heteroatoms. The van der Waals surface area contributed by atoms with Crippen LogP contribution in [0.5, 0.6) is 5.75 Å². The summed E-state index contributed by atoms with van der Waals surface area (Å²) >= 11 is 5.84. The molecule has 0 spiro atoms. The molecule has 1 aromatic rings. The summed E-state index contributed by atoms with van der Waals surface area (Å²) in [5.41, 5.74) is 1.02. The van der Waals surface area contributed by atoms with E-state index < -0.39 is 0 Å². The number of hydrogen-bond acceptors (Lipinski definition) is 2. The molecule has 16 heavy (non-hydrogen) atoms. The number of rotatable bonds is 6. The van der Waals surface area contributed by atoms with Crippen molar-refractivity contribution in [2.75, 3.05) is 6.61 Å². The molecule has 0 aliphatic carbocycles. The van der Waals surface area contributed by atoms with E-state index in [4.69, 9.17) is 16.3 Å². The number of halogens is 1. The van der Waals surface area contributed by atoms with Crippen molar-refractivity contribution in [3.63, 3.8) is 0 Å². The highest BCUT2D eigenvalue weighted by Gasteiger charge is 2.01. The van der Waals surface area contributed by atoms with Crippen LogP contribution in [0.2, 0.25) is 5.02 Å². The number of hydrogen-bond donors (Lipinski definition) is 0. The number of aryl methyl sites for hydroxylation is 1. The van der Waals surface area contributed by atoms with E-state index in [1.165, 1.54) is 0 Å². The van der Waals surface area contributed by atoms with Gasteiger partial charge in [0, 0.05) is 17.9 Å². The lowest BCUT2D eigenvalue weighted by Crippen LogP contribution is -2.02. The summed E-state index contributed by atoms with van der Waals surface area (Å²) < 4.78 is 5.58. The Bertz CT molecular complexity index is 361. The maximum atomic E-state index is 11.1. The fourth-order valence-electron chi connectivity index (χ4n) is 1.40. The Morgan fingerprint density at radius 3 is 2.81 bits per heavy atom. The summed E-state index contributed by atoms with van der Waals surface area (Å²) in [6, 6.07) is 5.54. The molecule has 0 aromatic heterocycles. The summed E-state index contributed by atoms with van der Waals surface area (Å²) in [5.74, 6) is 1.13. The zero-order valence-corrected chi connectivity index (χ0v) is 10.5. The first-order chi connectivity index (χ1) is 7.63. The van der Waals surface area contributed by atoms with Crippen molar-refractivity contribution in [3.8, 4) is 5.75 Å². The fraction of sp³-hybridized carbons (Fsp3) is 0.462. The lowest BCUT2D eigenvalue weighted by molar-refractivity contribution is -0.118. The van der Waals surface area contributed by atoms with Gasteiger partial charge in [-0.05, 0) is 37.1 Å². The molecule has 88 valence electrons. The Kier molecular flexibility index (Phi) is 5.33. The average molecular weight is 241 g/mol. The molecule has 0 amide bonds. The topological polar surface area (TPSA) is 26.3 Å². The van der Waals surface area contributed by atoms with Crippen LogP contribution >= 0.6 is 11.6 Å². The quantitative estimate of drug-likeness (QED) is 0.708. The summed E-state index contributed by atoms with van der Waals surface area (Å²) in [5, 5.41) is 0.714. The minimum atomic E-state index is 0.288. The van der Waals surface area contributed by atoms with E-state index >= 15 is 0 Å². The van der Waals surface area contributed by atoms with Gasteiger partial charge < -0.3 is 4.74 Å². The molecular formula is C13H17ClO2. The van der Waals surface area contributed by atoms with Crippen molar-refractivity contribution < 1.29 is 9.53 Å². The fourth-order valence-corrected chi connectivity index (χ4v) is 1.63. The van der Waals surface area contributed by atoms with E-state index in [0.717, 1.165) is 17.7 Å². The van der Waals surface area contributed by atoms with E-state index in [-0.39, 0.29) is 5.78 Å². The van der Waals surface area contributed by atoms with Crippen LogP contribution in [0.25, 0.3) is 0 Å². The minimum Gasteiger partial charge on any atom is -0.493 e. The van der Waals surface area contributed by atoms with Crippen molar-refractivity contribution in [3.05, 3.63) is 28.8 Å². The molecule has 0 atom stereocenters. The molecule has 1 aromatic carbocycles. The molecular weight excluding hydrogens is 224 g/mol. The first kappa shape index (κ1) is 13.0. The highest BCUT2D eigenvalue weighted by molar-refractivity contribution is 6.30. The Morgan fingerprint density at radius 1 is 1.44 bits per heavy atom. The number of benzene rings is 1. The van der Waals surface area contributed by atoms with E-state index in [9.17, 15) is 4.79 Å². The summed E-state index contributed by atoms with van der Waals surface area (Å²) in [6.07, 6.45) is 1.98. The van der Waals surface area contributed by atoms with Gasteiger partial charge in [0.05, 0.1) is 6.61 Å².